The van der Waals surface area contributed by atoms with Crippen LogP contribution in [0.5, 0.6) is 5.75 Å². The second kappa shape index (κ2) is 6.91. The molecule has 138 valence electrons. The second-order valence-corrected chi connectivity index (χ2v) is 6.73. The van der Waals surface area contributed by atoms with E-state index >= 15 is 0 Å². The summed E-state index contributed by atoms with van der Waals surface area (Å²) in [5, 5.41) is 0. The monoisotopic (exact) mass is 363 g/mol. The largest absolute Gasteiger partial charge is 0.494 e. The number of anilines is 1. The third-order valence-electron chi connectivity index (χ3n) is 4.97. The molecular formula is C22H21NO4. The summed E-state index contributed by atoms with van der Waals surface area (Å²) in [7, 11) is 0. The first-order valence-electron chi connectivity index (χ1n) is 9.11. The first-order chi connectivity index (χ1) is 13.1. The van der Waals surface area contributed by atoms with Gasteiger partial charge in [-0.15, -0.1) is 0 Å². The highest BCUT2D eigenvalue weighted by Gasteiger charge is 2.43. The van der Waals surface area contributed by atoms with E-state index in [1.165, 1.54) is 0 Å². The molecule has 2 aromatic carbocycles. The standard InChI is InChI=1S/C22H21NO4/c1-3-26-19-10-5-4-9-16(19)17-12-20(24)23(15-8-6-7-14(2)11-15)18-13-27-22(25)21(17)18/h4-11,17H,3,12-13H2,1-2H3/t17-/m0/s1. The summed E-state index contributed by atoms with van der Waals surface area (Å²) in [6, 6.07) is 15.3. The average molecular weight is 363 g/mol. The van der Waals surface area contributed by atoms with Crippen molar-refractivity contribution >= 4 is 17.6 Å². The van der Waals surface area contributed by atoms with Crippen molar-refractivity contribution in [3.63, 3.8) is 0 Å². The lowest BCUT2D eigenvalue weighted by atomic mass is 9.83. The highest BCUT2D eigenvalue weighted by Crippen LogP contribution is 2.44. The van der Waals surface area contributed by atoms with Crippen molar-refractivity contribution in [2.45, 2.75) is 26.2 Å². The van der Waals surface area contributed by atoms with Gasteiger partial charge in [-0.05, 0) is 37.6 Å². The molecule has 1 atom stereocenters. The molecule has 5 nitrogen and oxygen atoms in total. The Bertz CT molecular complexity index is 947. The molecule has 2 aliphatic rings. The third kappa shape index (κ3) is 2.99. The van der Waals surface area contributed by atoms with Gasteiger partial charge in [0, 0.05) is 23.6 Å². The SMILES string of the molecule is CCOc1ccccc1[C@@H]1CC(=O)N(c2cccc(C)c2)C2=C1C(=O)OC2. The minimum atomic E-state index is -0.355. The first-order valence-corrected chi connectivity index (χ1v) is 9.11. The fourth-order valence-corrected chi connectivity index (χ4v) is 3.84. The molecule has 2 heterocycles. The van der Waals surface area contributed by atoms with Crippen molar-refractivity contribution in [3.8, 4) is 5.75 Å². The molecule has 2 aliphatic heterocycles. The Kier molecular flexibility index (Phi) is 4.44. The number of hydrogen-bond donors (Lipinski definition) is 0. The van der Waals surface area contributed by atoms with Crippen molar-refractivity contribution < 1.29 is 19.1 Å². The fourth-order valence-electron chi connectivity index (χ4n) is 3.84. The van der Waals surface area contributed by atoms with Crippen LogP contribution < -0.4 is 9.64 Å². The Morgan fingerprint density at radius 1 is 1.15 bits per heavy atom. The van der Waals surface area contributed by atoms with Crippen LogP contribution in [-0.4, -0.2) is 25.1 Å². The van der Waals surface area contributed by atoms with Gasteiger partial charge >= 0.3 is 5.97 Å². The van der Waals surface area contributed by atoms with Crippen LogP contribution in [-0.2, 0) is 14.3 Å². The number of hydrogen-bond acceptors (Lipinski definition) is 4. The fraction of sp³-hybridized carbons (Fsp3) is 0.273. The molecule has 0 aliphatic carbocycles. The summed E-state index contributed by atoms with van der Waals surface area (Å²) in [6.45, 7) is 4.52. The number of aryl methyl sites for hydroxylation is 1. The zero-order valence-electron chi connectivity index (χ0n) is 15.4. The Labute approximate surface area is 158 Å². The third-order valence-corrected chi connectivity index (χ3v) is 4.97. The topological polar surface area (TPSA) is 55.8 Å². The lowest BCUT2D eigenvalue weighted by molar-refractivity contribution is -0.136. The molecule has 2 aromatic rings. The second-order valence-electron chi connectivity index (χ2n) is 6.73. The summed E-state index contributed by atoms with van der Waals surface area (Å²) >= 11 is 0. The predicted octanol–water partition coefficient (Wildman–Crippen LogP) is 3.73. The van der Waals surface area contributed by atoms with Crippen molar-refractivity contribution in [1.29, 1.82) is 0 Å². The maximum absolute atomic E-state index is 13.1. The van der Waals surface area contributed by atoms with Gasteiger partial charge in [0.2, 0.25) is 5.91 Å². The lowest BCUT2D eigenvalue weighted by Gasteiger charge is -2.32. The number of esters is 1. The number of carbonyl (C=O) groups excluding carboxylic acids is 2. The summed E-state index contributed by atoms with van der Waals surface area (Å²) < 4.78 is 11.1. The zero-order valence-corrected chi connectivity index (χ0v) is 15.4. The van der Waals surface area contributed by atoms with Gasteiger partial charge < -0.3 is 9.47 Å². The Morgan fingerprint density at radius 3 is 2.74 bits per heavy atom. The Balaban J connectivity index is 1.84. The van der Waals surface area contributed by atoms with Crippen LogP contribution in [0.2, 0.25) is 0 Å². The molecule has 5 heteroatoms. The first kappa shape index (κ1) is 17.3. The van der Waals surface area contributed by atoms with E-state index in [0.29, 0.717) is 23.6 Å². The van der Waals surface area contributed by atoms with Crippen molar-refractivity contribution in [3.05, 3.63) is 70.9 Å². The van der Waals surface area contributed by atoms with E-state index in [-0.39, 0.29) is 30.8 Å². The van der Waals surface area contributed by atoms with Crippen LogP contribution in [0.4, 0.5) is 5.69 Å². The minimum Gasteiger partial charge on any atom is -0.494 e. The number of amides is 1. The molecule has 0 bridgehead atoms. The van der Waals surface area contributed by atoms with Crippen molar-refractivity contribution in [2.75, 3.05) is 18.1 Å². The Hall–Kier alpha value is -3.08. The van der Waals surface area contributed by atoms with Crippen LogP contribution in [0.3, 0.4) is 0 Å². The van der Waals surface area contributed by atoms with Crippen molar-refractivity contribution in [2.24, 2.45) is 0 Å². The molecule has 0 spiro atoms. The van der Waals surface area contributed by atoms with E-state index in [0.717, 1.165) is 16.8 Å². The van der Waals surface area contributed by atoms with Crippen LogP contribution in [0, 0.1) is 6.92 Å². The van der Waals surface area contributed by atoms with Gasteiger partial charge in [0.15, 0.2) is 0 Å². The van der Waals surface area contributed by atoms with E-state index in [4.69, 9.17) is 9.47 Å². The van der Waals surface area contributed by atoms with Gasteiger partial charge in [0.25, 0.3) is 0 Å². The minimum absolute atomic E-state index is 0.0473. The number of rotatable bonds is 4. The van der Waals surface area contributed by atoms with Crippen LogP contribution in [0.25, 0.3) is 0 Å². The summed E-state index contributed by atoms with van der Waals surface area (Å²) in [5.41, 5.74) is 3.86. The number of carbonyl (C=O) groups is 2. The number of nitrogens with zero attached hydrogens (tertiary/aromatic N) is 1. The molecule has 0 unspecified atom stereocenters. The van der Waals surface area contributed by atoms with Crippen LogP contribution in [0.15, 0.2) is 59.8 Å². The Morgan fingerprint density at radius 2 is 1.96 bits per heavy atom. The molecule has 0 saturated carbocycles. The smallest absolute Gasteiger partial charge is 0.336 e. The van der Waals surface area contributed by atoms with E-state index in [9.17, 15) is 9.59 Å². The van der Waals surface area contributed by atoms with Gasteiger partial charge in [0.05, 0.1) is 17.9 Å². The molecule has 0 fully saturated rings. The summed E-state index contributed by atoms with van der Waals surface area (Å²) in [4.78, 5) is 27.3. The van der Waals surface area contributed by atoms with Gasteiger partial charge in [0.1, 0.15) is 12.4 Å². The summed E-state index contributed by atoms with van der Waals surface area (Å²) in [6.07, 6.45) is 0.200. The average Bonchev–Trinajstić information content (AvgIpc) is 3.03. The number of ether oxygens (including phenoxy) is 2. The van der Waals surface area contributed by atoms with Crippen molar-refractivity contribution in [1.82, 2.24) is 0 Å². The molecule has 0 saturated heterocycles. The lowest BCUT2D eigenvalue weighted by Crippen LogP contribution is -2.37. The quantitative estimate of drug-likeness (QED) is 0.777. The van der Waals surface area contributed by atoms with E-state index in [2.05, 4.69) is 0 Å². The van der Waals surface area contributed by atoms with E-state index in [1.807, 2.05) is 62.4 Å². The van der Waals surface area contributed by atoms with Gasteiger partial charge in [-0.25, -0.2) is 4.79 Å². The maximum atomic E-state index is 13.1. The molecule has 0 aromatic heterocycles. The normalized spacial score (nSPS) is 19.2. The zero-order chi connectivity index (χ0) is 19.0. The summed E-state index contributed by atoms with van der Waals surface area (Å²) in [5.74, 6) is -0.0555. The van der Waals surface area contributed by atoms with E-state index < -0.39 is 0 Å². The highest BCUT2D eigenvalue weighted by molar-refractivity contribution is 6.06. The molecule has 4 rings (SSSR count). The number of cyclic esters (lactones) is 1. The maximum Gasteiger partial charge on any atom is 0.336 e. The molecule has 0 radical (unpaired) electrons. The van der Waals surface area contributed by atoms with Crippen LogP contribution >= 0.6 is 0 Å². The van der Waals surface area contributed by atoms with Gasteiger partial charge in [-0.2, -0.15) is 0 Å². The number of para-hydroxylation sites is 1. The van der Waals surface area contributed by atoms with Crippen LogP contribution in [0.1, 0.15) is 30.4 Å². The highest BCUT2D eigenvalue weighted by atomic mass is 16.5. The number of benzene rings is 2. The molecule has 0 N–H and O–H groups in total. The molecule has 1 amide bonds. The molecule has 27 heavy (non-hydrogen) atoms. The van der Waals surface area contributed by atoms with Gasteiger partial charge in [-0.3, -0.25) is 9.69 Å². The van der Waals surface area contributed by atoms with E-state index in [1.54, 1.807) is 4.90 Å². The molecular weight excluding hydrogens is 342 g/mol. The van der Waals surface area contributed by atoms with Gasteiger partial charge in [-0.1, -0.05) is 30.3 Å². The predicted molar refractivity (Wildman–Crippen MR) is 102 cm³/mol.